The van der Waals surface area contributed by atoms with Crippen molar-refractivity contribution >= 4 is 21.9 Å². The molecule has 1 aromatic carbocycles. The number of halogens is 1. The quantitative estimate of drug-likeness (QED) is 0.932. The highest BCUT2D eigenvalue weighted by Crippen LogP contribution is 2.32. The van der Waals surface area contributed by atoms with E-state index in [-0.39, 0.29) is 5.89 Å². The predicted octanol–water partition coefficient (Wildman–Crippen LogP) is 2.35. The van der Waals surface area contributed by atoms with E-state index in [4.69, 9.17) is 14.3 Å². The summed E-state index contributed by atoms with van der Waals surface area (Å²) >= 11 is 3.32. The molecule has 1 heterocycles. The summed E-state index contributed by atoms with van der Waals surface area (Å²) in [6, 6.07) is 5.10. The summed E-state index contributed by atoms with van der Waals surface area (Å²) < 4.78 is 11.2. The number of benzene rings is 1. The van der Waals surface area contributed by atoms with Crippen molar-refractivity contribution in [1.82, 2.24) is 10.2 Å². The molecule has 0 amide bonds. The molecule has 0 radical (unpaired) electrons. The zero-order valence-electron chi connectivity index (χ0n) is 9.33. The Hall–Kier alpha value is -1.89. The molecule has 1 aromatic heterocycles. The first-order chi connectivity index (χ1) is 8.58. The molecule has 0 aliphatic carbocycles. The number of hydrogen-bond donors (Lipinski definition) is 1. The number of ether oxygens (including phenoxy) is 1. The molecule has 0 unspecified atom stereocenters. The summed E-state index contributed by atoms with van der Waals surface area (Å²) in [6.45, 7) is 1.45. The minimum absolute atomic E-state index is 0.267. The number of aliphatic carboxylic acids is 1. The lowest BCUT2D eigenvalue weighted by Gasteiger charge is -2.12. The van der Waals surface area contributed by atoms with Crippen molar-refractivity contribution in [3.05, 3.63) is 29.1 Å². The van der Waals surface area contributed by atoms with Crippen molar-refractivity contribution in [1.29, 1.82) is 0 Å². The Morgan fingerprint density at radius 1 is 1.56 bits per heavy atom. The fourth-order valence-electron chi connectivity index (χ4n) is 1.30. The van der Waals surface area contributed by atoms with Gasteiger partial charge in [0.25, 0.3) is 5.89 Å². The molecule has 2 aromatic rings. The number of carbonyl (C=O) groups is 1. The lowest BCUT2D eigenvalue weighted by atomic mass is 10.2. The molecule has 1 N–H and O–H groups in total. The van der Waals surface area contributed by atoms with Crippen LogP contribution in [0.15, 0.2) is 33.5 Å². The van der Waals surface area contributed by atoms with Crippen molar-refractivity contribution in [2.45, 2.75) is 13.0 Å². The van der Waals surface area contributed by atoms with Crippen molar-refractivity contribution in [3.8, 4) is 17.2 Å². The summed E-state index contributed by atoms with van der Waals surface area (Å²) in [5.41, 5.74) is 0.537. The average Bonchev–Trinajstić information content (AvgIpc) is 2.84. The van der Waals surface area contributed by atoms with Gasteiger partial charge in [0.05, 0.1) is 5.56 Å². The van der Waals surface area contributed by atoms with Gasteiger partial charge in [-0.25, -0.2) is 4.79 Å². The summed E-state index contributed by atoms with van der Waals surface area (Å²) in [7, 11) is 0. The number of carboxylic acid groups (broad SMARTS) is 1. The lowest BCUT2D eigenvalue weighted by Crippen LogP contribution is -2.23. The van der Waals surface area contributed by atoms with Crippen LogP contribution in [0.25, 0.3) is 11.5 Å². The van der Waals surface area contributed by atoms with E-state index < -0.39 is 12.1 Å². The van der Waals surface area contributed by atoms with E-state index in [1.54, 1.807) is 18.2 Å². The fraction of sp³-hybridized carbons (Fsp3) is 0.182. The van der Waals surface area contributed by atoms with Crippen molar-refractivity contribution in [2.24, 2.45) is 0 Å². The van der Waals surface area contributed by atoms with Gasteiger partial charge in [0.15, 0.2) is 6.10 Å². The number of carboxylic acids is 1. The molecule has 0 spiro atoms. The highest BCUT2D eigenvalue weighted by Gasteiger charge is 2.18. The van der Waals surface area contributed by atoms with Gasteiger partial charge in [-0.05, 0) is 25.1 Å². The van der Waals surface area contributed by atoms with Crippen LogP contribution in [0, 0.1) is 0 Å². The monoisotopic (exact) mass is 312 g/mol. The standard InChI is InChI=1S/C11H9BrN2O4/c1-6(11(15)16)18-9-3-2-7(12)4-8(9)10-14-13-5-17-10/h2-6H,1H3,(H,15,16)/t6-/m0/s1. The van der Waals surface area contributed by atoms with E-state index in [0.29, 0.717) is 11.3 Å². The molecule has 6 nitrogen and oxygen atoms in total. The highest BCUT2D eigenvalue weighted by atomic mass is 79.9. The molecule has 1 atom stereocenters. The second kappa shape index (κ2) is 5.18. The molecule has 0 fully saturated rings. The van der Waals surface area contributed by atoms with Crippen LogP contribution in [0.2, 0.25) is 0 Å². The van der Waals surface area contributed by atoms with Crippen LogP contribution in [0.3, 0.4) is 0 Å². The molecule has 0 aliphatic heterocycles. The van der Waals surface area contributed by atoms with E-state index in [2.05, 4.69) is 26.1 Å². The van der Waals surface area contributed by atoms with Gasteiger partial charge >= 0.3 is 5.97 Å². The maximum atomic E-state index is 10.8. The van der Waals surface area contributed by atoms with Crippen molar-refractivity contribution in [2.75, 3.05) is 0 Å². The van der Waals surface area contributed by atoms with Crippen LogP contribution in [-0.4, -0.2) is 27.4 Å². The molecular weight excluding hydrogens is 304 g/mol. The smallest absolute Gasteiger partial charge is 0.344 e. The van der Waals surface area contributed by atoms with Crippen molar-refractivity contribution in [3.63, 3.8) is 0 Å². The predicted molar refractivity (Wildman–Crippen MR) is 65.2 cm³/mol. The van der Waals surface area contributed by atoms with Gasteiger partial charge in [0, 0.05) is 4.47 Å². The molecule has 0 saturated carbocycles. The van der Waals surface area contributed by atoms with E-state index in [9.17, 15) is 4.79 Å². The number of rotatable bonds is 4. The van der Waals surface area contributed by atoms with Gasteiger partial charge in [0.2, 0.25) is 6.39 Å². The van der Waals surface area contributed by atoms with Crippen LogP contribution in [0.5, 0.6) is 5.75 Å². The Kier molecular flexibility index (Phi) is 3.61. The molecule has 0 saturated heterocycles. The first-order valence-corrected chi connectivity index (χ1v) is 5.83. The van der Waals surface area contributed by atoms with E-state index >= 15 is 0 Å². The third-order valence-corrected chi connectivity index (χ3v) is 2.68. The van der Waals surface area contributed by atoms with Crippen LogP contribution < -0.4 is 4.74 Å². The van der Waals surface area contributed by atoms with E-state index in [1.165, 1.54) is 13.3 Å². The SMILES string of the molecule is C[C@H](Oc1ccc(Br)cc1-c1nnco1)C(=O)O. The van der Waals surface area contributed by atoms with Gasteiger partial charge < -0.3 is 14.3 Å². The summed E-state index contributed by atoms with van der Waals surface area (Å²) in [5, 5.41) is 16.2. The zero-order valence-corrected chi connectivity index (χ0v) is 10.9. The average molecular weight is 313 g/mol. The molecule has 2 rings (SSSR count). The molecule has 94 valence electrons. The Morgan fingerprint density at radius 2 is 2.33 bits per heavy atom. The summed E-state index contributed by atoms with van der Waals surface area (Å²) in [4.78, 5) is 10.8. The van der Waals surface area contributed by atoms with Crippen LogP contribution in [0.1, 0.15) is 6.92 Å². The van der Waals surface area contributed by atoms with Crippen molar-refractivity contribution < 1.29 is 19.1 Å². The molecule has 18 heavy (non-hydrogen) atoms. The summed E-state index contributed by atoms with van der Waals surface area (Å²) in [6.07, 6.45) is 0.230. The van der Waals surface area contributed by atoms with Crippen LogP contribution in [0.4, 0.5) is 0 Å². The van der Waals surface area contributed by atoms with Gasteiger partial charge in [-0.3, -0.25) is 0 Å². The van der Waals surface area contributed by atoms with E-state index in [0.717, 1.165) is 4.47 Å². The third-order valence-electron chi connectivity index (χ3n) is 2.18. The summed E-state index contributed by atoms with van der Waals surface area (Å²) in [5.74, 6) is -0.407. The first-order valence-electron chi connectivity index (χ1n) is 5.03. The first kappa shape index (κ1) is 12.6. The minimum Gasteiger partial charge on any atom is -0.479 e. The number of hydrogen-bond acceptors (Lipinski definition) is 5. The molecule has 0 bridgehead atoms. The normalized spacial score (nSPS) is 12.1. The van der Waals surface area contributed by atoms with Crippen LogP contribution in [-0.2, 0) is 4.79 Å². The van der Waals surface area contributed by atoms with Gasteiger partial charge in [-0.1, -0.05) is 15.9 Å². The van der Waals surface area contributed by atoms with E-state index in [1.807, 2.05) is 0 Å². The molecule has 0 aliphatic rings. The fourth-order valence-corrected chi connectivity index (χ4v) is 1.66. The Labute approximate surface area is 111 Å². The lowest BCUT2D eigenvalue weighted by molar-refractivity contribution is -0.144. The number of nitrogens with zero attached hydrogens (tertiary/aromatic N) is 2. The molecule has 7 heteroatoms. The number of aromatic nitrogens is 2. The zero-order chi connectivity index (χ0) is 13.1. The minimum atomic E-state index is -1.05. The topological polar surface area (TPSA) is 85.5 Å². The van der Waals surface area contributed by atoms with Gasteiger partial charge in [-0.15, -0.1) is 10.2 Å². The Morgan fingerprint density at radius 3 is 2.94 bits per heavy atom. The Bertz CT molecular complexity index is 556. The second-order valence-corrected chi connectivity index (χ2v) is 4.40. The third kappa shape index (κ3) is 2.67. The highest BCUT2D eigenvalue weighted by molar-refractivity contribution is 9.10. The second-order valence-electron chi connectivity index (χ2n) is 3.48. The maximum absolute atomic E-state index is 10.8. The van der Waals surface area contributed by atoms with Gasteiger partial charge in [-0.2, -0.15) is 0 Å². The maximum Gasteiger partial charge on any atom is 0.344 e. The Balaban J connectivity index is 2.38. The largest absolute Gasteiger partial charge is 0.479 e. The van der Waals surface area contributed by atoms with Gasteiger partial charge in [0.1, 0.15) is 5.75 Å². The van der Waals surface area contributed by atoms with Crippen LogP contribution >= 0.6 is 15.9 Å². The molecular formula is C11H9BrN2O4.